The summed E-state index contributed by atoms with van der Waals surface area (Å²) in [4.78, 5) is 26.6. The van der Waals surface area contributed by atoms with Crippen LogP contribution in [0.3, 0.4) is 0 Å². The average molecular weight is 487 g/mol. The highest BCUT2D eigenvalue weighted by Crippen LogP contribution is 2.27. The van der Waals surface area contributed by atoms with Crippen molar-refractivity contribution < 1.29 is 18.7 Å². The van der Waals surface area contributed by atoms with Gasteiger partial charge in [0.2, 0.25) is 0 Å². The highest BCUT2D eigenvalue weighted by Gasteiger charge is 2.22. The minimum absolute atomic E-state index is 0.00394. The molecule has 0 saturated carbocycles. The van der Waals surface area contributed by atoms with E-state index < -0.39 is 18.5 Å². The van der Waals surface area contributed by atoms with Crippen molar-refractivity contribution in [3.8, 4) is 11.8 Å². The molecule has 0 aliphatic carbocycles. The number of nitriles is 1. The van der Waals surface area contributed by atoms with Crippen molar-refractivity contribution in [1.82, 2.24) is 19.6 Å². The van der Waals surface area contributed by atoms with Gasteiger partial charge in [-0.15, -0.1) is 5.10 Å². The van der Waals surface area contributed by atoms with Crippen molar-refractivity contribution in [2.45, 2.75) is 27.3 Å². The largest absolute Gasteiger partial charge is 0.451 e. The topological polar surface area (TPSA) is 115 Å². The van der Waals surface area contributed by atoms with Crippen LogP contribution in [0.15, 0.2) is 54.6 Å². The molecular formula is C26H23FN6O3. The molecular weight excluding hydrogens is 463 g/mol. The van der Waals surface area contributed by atoms with Gasteiger partial charge in [-0.05, 0) is 56.2 Å². The fourth-order valence-electron chi connectivity index (χ4n) is 3.71. The third-order valence-electron chi connectivity index (χ3n) is 5.75. The van der Waals surface area contributed by atoms with Crippen LogP contribution in [0.4, 0.5) is 10.2 Å². The Hall–Kier alpha value is -4.78. The van der Waals surface area contributed by atoms with Gasteiger partial charge >= 0.3 is 5.97 Å². The number of benzene rings is 2. The summed E-state index contributed by atoms with van der Waals surface area (Å²) >= 11 is 0. The molecule has 182 valence electrons. The molecule has 4 rings (SSSR count). The summed E-state index contributed by atoms with van der Waals surface area (Å²) in [6.07, 6.45) is 0. The van der Waals surface area contributed by atoms with Gasteiger partial charge in [-0.25, -0.2) is 9.18 Å². The lowest BCUT2D eigenvalue weighted by Gasteiger charge is -2.13. The predicted molar refractivity (Wildman–Crippen MR) is 129 cm³/mol. The van der Waals surface area contributed by atoms with Crippen LogP contribution in [0.5, 0.6) is 0 Å². The van der Waals surface area contributed by atoms with Crippen LogP contribution in [0.2, 0.25) is 0 Å². The van der Waals surface area contributed by atoms with Crippen LogP contribution in [-0.2, 0) is 16.1 Å². The van der Waals surface area contributed by atoms with Gasteiger partial charge in [-0.2, -0.15) is 15.2 Å². The number of rotatable bonds is 7. The van der Waals surface area contributed by atoms with E-state index in [9.17, 15) is 19.2 Å². The molecule has 0 unspecified atom stereocenters. The Morgan fingerprint density at radius 3 is 2.42 bits per heavy atom. The molecule has 0 bridgehead atoms. The maximum Gasteiger partial charge on any atom is 0.361 e. The van der Waals surface area contributed by atoms with Gasteiger partial charge in [-0.3, -0.25) is 4.79 Å². The zero-order chi connectivity index (χ0) is 25.8. The van der Waals surface area contributed by atoms with Crippen LogP contribution >= 0.6 is 0 Å². The summed E-state index contributed by atoms with van der Waals surface area (Å²) in [6, 6.07) is 17.2. The van der Waals surface area contributed by atoms with E-state index in [1.807, 2.05) is 25.1 Å². The lowest BCUT2D eigenvalue weighted by Crippen LogP contribution is -2.23. The Morgan fingerprint density at radius 2 is 1.75 bits per heavy atom. The zero-order valence-corrected chi connectivity index (χ0v) is 19.9. The van der Waals surface area contributed by atoms with E-state index in [2.05, 4.69) is 21.6 Å². The number of hydrogen-bond acceptors (Lipinski definition) is 6. The second-order valence-corrected chi connectivity index (χ2v) is 8.14. The number of nitrogens with zero attached hydrogens (tertiary/aromatic N) is 5. The molecule has 0 aliphatic rings. The fourth-order valence-corrected chi connectivity index (χ4v) is 3.71. The molecule has 10 heteroatoms. The number of nitrogens with one attached hydrogen (secondary N) is 1. The Morgan fingerprint density at radius 1 is 1.06 bits per heavy atom. The maximum absolute atomic E-state index is 13.3. The number of carbonyl (C=O) groups excluding carboxylic acids is 2. The maximum atomic E-state index is 13.3. The number of aromatic nitrogens is 4. The van der Waals surface area contributed by atoms with Gasteiger partial charge < -0.3 is 14.6 Å². The van der Waals surface area contributed by atoms with Crippen molar-refractivity contribution in [2.75, 3.05) is 11.9 Å². The highest BCUT2D eigenvalue weighted by atomic mass is 19.1. The minimum atomic E-state index is -0.792. The first-order chi connectivity index (χ1) is 17.3. The van der Waals surface area contributed by atoms with Gasteiger partial charge in [0.1, 0.15) is 17.7 Å². The lowest BCUT2D eigenvalue weighted by molar-refractivity contribution is -0.119. The lowest BCUT2D eigenvalue weighted by atomic mass is 10.2. The molecule has 1 amide bonds. The van der Waals surface area contributed by atoms with Crippen molar-refractivity contribution in [3.63, 3.8) is 0 Å². The molecule has 36 heavy (non-hydrogen) atoms. The van der Waals surface area contributed by atoms with E-state index in [4.69, 9.17) is 4.74 Å². The number of para-hydroxylation sites is 1. The smallest absolute Gasteiger partial charge is 0.361 e. The summed E-state index contributed by atoms with van der Waals surface area (Å²) in [5.74, 6) is -1.49. The average Bonchev–Trinajstić information content (AvgIpc) is 3.37. The molecule has 9 nitrogen and oxygen atoms in total. The van der Waals surface area contributed by atoms with Crippen molar-refractivity contribution in [2.24, 2.45) is 0 Å². The van der Waals surface area contributed by atoms with E-state index in [1.165, 1.54) is 16.9 Å². The SMILES string of the molecule is Cc1nn(-c2ccccc2)nc1C(=O)OCC(=O)Nc1c(C#N)c(C)c(C)n1Cc1ccc(F)cc1. The standard InChI is InChI=1S/C26H23FN6O3/c1-16-18(3)32(14-19-9-11-20(27)12-10-19)25(22(16)13-28)29-23(34)15-36-26(35)24-17(2)30-33(31-24)21-7-5-4-6-8-21/h4-12H,14-15H2,1-3H3,(H,29,34). The number of esters is 1. The van der Waals surface area contributed by atoms with Crippen LogP contribution in [-0.4, -0.2) is 38.0 Å². The van der Waals surface area contributed by atoms with Gasteiger partial charge in [0, 0.05) is 12.2 Å². The predicted octanol–water partition coefficient (Wildman–Crippen LogP) is 3.85. The van der Waals surface area contributed by atoms with E-state index in [-0.39, 0.29) is 17.3 Å². The summed E-state index contributed by atoms with van der Waals surface area (Å²) in [6.45, 7) is 4.96. The second-order valence-electron chi connectivity index (χ2n) is 8.14. The number of halogens is 1. The van der Waals surface area contributed by atoms with Crippen LogP contribution in [0, 0.1) is 37.9 Å². The normalized spacial score (nSPS) is 10.6. The third kappa shape index (κ3) is 5.00. The van der Waals surface area contributed by atoms with Gasteiger partial charge in [-0.1, -0.05) is 30.3 Å². The van der Waals surface area contributed by atoms with Gasteiger partial charge in [0.25, 0.3) is 5.91 Å². The first kappa shape index (κ1) is 24.3. The summed E-state index contributed by atoms with van der Waals surface area (Å²) in [7, 11) is 0. The number of carbonyl (C=O) groups is 2. The number of amides is 1. The molecule has 2 aromatic heterocycles. The molecule has 0 radical (unpaired) electrons. The Bertz CT molecular complexity index is 1470. The monoisotopic (exact) mass is 486 g/mol. The second kappa shape index (κ2) is 10.2. The number of hydrogen-bond donors (Lipinski definition) is 1. The molecule has 2 heterocycles. The van der Waals surface area contributed by atoms with Crippen molar-refractivity contribution >= 4 is 17.7 Å². The molecule has 0 fully saturated rings. The van der Waals surface area contributed by atoms with Crippen molar-refractivity contribution in [1.29, 1.82) is 5.26 Å². The number of ether oxygens (including phenoxy) is 1. The molecule has 0 aliphatic heterocycles. The fraction of sp³-hybridized carbons (Fsp3) is 0.192. The Balaban J connectivity index is 1.48. The Labute approximate surface area is 206 Å². The molecule has 0 spiro atoms. The number of aryl methyl sites for hydroxylation is 1. The summed E-state index contributed by atoms with van der Waals surface area (Å²) < 4.78 is 20.2. The zero-order valence-electron chi connectivity index (χ0n) is 19.9. The quantitative estimate of drug-likeness (QED) is 0.397. The minimum Gasteiger partial charge on any atom is -0.451 e. The summed E-state index contributed by atoms with van der Waals surface area (Å²) in [5.41, 5.74) is 3.60. The number of anilines is 1. The van der Waals surface area contributed by atoms with E-state index in [0.717, 1.165) is 11.3 Å². The molecule has 2 aromatic carbocycles. The third-order valence-corrected chi connectivity index (χ3v) is 5.75. The molecule has 0 atom stereocenters. The highest BCUT2D eigenvalue weighted by molar-refractivity contribution is 5.95. The van der Waals surface area contributed by atoms with E-state index >= 15 is 0 Å². The van der Waals surface area contributed by atoms with Gasteiger partial charge in [0.05, 0.1) is 16.9 Å². The first-order valence-corrected chi connectivity index (χ1v) is 11.1. The molecule has 0 saturated heterocycles. The summed E-state index contributed by atoms with van der Waals surface area (Å²) in [5, 5.41) is 20.8. The Kier molecular flexibility index (Phi) is 6.92. The first-order valence-electron chi connectivity index (χ1n) is 11.1. The molecule has 4 aromatic rings. The van der Waals surface area contributed by atoms with Crippen LogP contribution in [0.1, 0.15) is 38.6 Å². The van der Waals surface area contributed by atoms with E-state index in [1.54, 1.807) is 42.7 Å². The van der Waals surface area contributed by atoms with Gasteiger partial charge in [0.15, 0.2) is 12.3 Å². The molecule has 1 N–H and O–H groups in total. The van der Waals surface area contributed by atoms with Crippen molar-refractivity contribution in [3.05, 3.63) is 94.2 Å². The van der Waals surface area contributed by atoms with Crippen LogP contribution in [0.25, 0.3) is 5.69 Å². The van der Waals surface area contributed by atoms with Crippen LogP contribution < -0.4 is 5.32 Å². The van der Waals surface area contributed by atoms with E-state index in [0.29, 0.717) is 29.1 Å².